The molecule has 0 fully saturated rings. The topological polar surface area (TPSA) is 54.9 Å². The summed E-state index contributed by atoms with van der Waals surface area (Å²) in [7, 11) is 3.17. The zero-order chi connectivity index (χ0) is 18.0. The molecule has 0 aliphatic carbocycles. The molecule has 2 N–H and O–H groups in total. The van der Waals surface area contributed by atoms with Gasteiger partial charge in [-0.05, 0) is 37.1 Å². The predicted molar refractivity (Wildman–Crippen MR) is 103 cm³/mol. The van der Waals surface area contributed by atoms with Crippen molar-refractivity contribution in [2.45, 2.75) is 25.9 Å². The number of nitrogens with one attached hydrogen (secondary N) is 2. The molecule has 1 aromatic carbocycles. The van der Waals surface area contributed by atoms with Gasteiger partial charge in [-0.2, -0.15) is 13.2 Å². The Hall–Kier alpha value is -1.39. The Morgan fingerprint density at radius 3 is 2.44 bits per heavy atom. The molecule has 0 saturated heterocycles. The number of ether oxygens (including phenoxy) is 2. The highest BCUT2D eigenvalue weighted by Crippen LogP contribution is 2.24. The molecule has 0 saturated carbocycles. The van der Waals surface area contributed by atoms with Gasteiger partial charge < -0.3 is 20.1 Å². The van der Waals surface area contributed by atoms with Gasteiger partial charge in [0.1, 0.15) is 11.5 Å². The minimum absolute atomic E-state index is 0. The Morgan fingerprint density at radius 1 is 1.16 bits per heavy atom. The third-order valence-electron chi connectivity index (χ3n) is 3.18. The molecule has 0 spiro atoms. The number of aliphatic imine (C=N–C) groups is 1. The second-order valence-corrected chi connectivity index (χ2v) is 4.98. The second kappa shape index (κ2) is 12.0. The molecule has 0 aromatic heterocycles. The van der Waals surface area contributed by atoms with Crippen LogP contribution in [0.5, 0.6) is 11.5 Å². The molecule has 1 rings (SSSR count). The van der Waals surface area contributed by atoms with E-state index in [1.54, 1.807) is 20.3 Å². The third kappa shape index (κ3) is 9.61. The van der Waals surface area contributed by atoms with Gasteiger partial charge in [-0.1, -0.05) is 0 Å². The zero-order valence-corrected chi connectivity index (χ0v) is 16.9. The average molecular weight is 475 g/mol. The van der Waals surface area contributed by atoms with Crippen LogP contribution in [0.4, 0.5) is 13.2 Å². The first-order valence-corrected chi connectivity index (χ1v) is 7.69. The average Bonchev–Trinajstić information content (AvgIpc) is 2.53. The number of hydrogen-bond donors (Lipinski definition) is 2. The van der Waals surface area contributed by atoms with Crippen molar-refractivity contribution in [3.05, 3.63) is 23.8 Å². The van der Waals surface area contributed by atoms with E-state index in [0.717, 1.165) is 17.1 Å². The van der Waals surface area contributed by atoms with Crippen molar-refractivity contribution < 1.29 is 22.6 Å². The van der Waals surface area contributed by atoms with Gasteiger partial charge in [0.05, 0.1) is 27.2 Å². The smallest absolute Gasteiger partial charge is 0.390 e. The van der Waals surface area contributed by atoms with Gasteiger partial charge in [-0.3, -0.25) is 4.99 Å². The quantitative estimate of drug-likeness (QED) is 0.344. The summed E-state index contributed by atoms with van der Waals surface area (Å²) in [5, 5.41) is 5.94. The second-order valence-electron chi connectivity index (χ2n) is 4.98. The summed E-state index contributed by atoms with van der Waals surface area (Å²) in [6.07, 6.45) is -4.52. The molecule has 5 nitrogen and oxygen atoms in total. The summed E-state index contributed by atoms with van der Waals surface area (Å²) in [5.41, 5.74) is 0.940. The highest BCUT2D eigenvalue weighted by atomic mass is 127. The lowest BCUT2D eigenvalue weighted by atomic mass is 10.1. The summed E-state index contributed by atoms with van der Waals surface area (Å²) >= 11 is 0. The number of hydrogen-bond acceptors (Lipinski definition) is 3. The number of methoxy groups -OCH3 is 2. The maximum absolute atomic E-state index is 12.2. The van der Waals surface area contributed by atoms with Gasteiger partial charge in [-0.15, -0.1) is 24.0 Å². The van der Waals surface area contributed by atoms with E-state index in [9.17, 15) is 13.2 Å². The van der Waals surface area contributed by atoms with E-state index in [4.69, 9.17) is 9.47 Å². The summed E-state index contributed by atoms with van der Waals surface area (Å²) in [6, 6.07) is 5.49. The Morgan fingerprint density at radius 2 is 1.88 bits per heavy atom. The van der Waals surface area contributed by atoms with Crippen molar-refractivity contribution in [2.75, 3.05) is 33.9 Å². The van der Waals surface area contributed by atoms with E-state index in [1.165, 1.54) is 0 Å². The fourth-order valence-electron chi connectivity index (χ4n) is 2.03. The minimum Gasteiger partial charge on any atom is -0.497 e. The number of halogens is 4. The van der Waals surface area contributed by atoms with Crippen molar-refractivity contribution in [3.8, 4) is 11.5 Å². The maximum Gasteiger partial charge on any atom is 0.390 e. The van der Waals surface area contributed by atoms with Crippen LogP contribution in [-0.4, -0.2) is 46.0 Å². The van der Waals surface area contributed by atoms with Crippen molar-refractivity contribution in [1.29, 1.82) is 0 Å². The van der Waals surface area contributed by atoms with E-state index in [0.29, 0.717) is 25.5 Å². The van der Waals surface area contributed by atoms with E-state index < -0.39 is 12.6 Å². The standard InChI is InChI=1S/C16H24F3N3O2.HI/c1-4-20-15(22-10-8-16(17,18)19)21-9-7-12-11-13(23-2)5-6-14(12)24-3;/h5-6,11H,4,7-10H2,1-3H3,(H2,20,21,22);1H. The highest BCUT2D eigenvalue weighted by Gasteiger charge is 2.26. The molecule has 0 aliphatic heterocycles. The number of nitrogens with zero attached hydrogens (tertiary/aromatic N) is 1. The molecular formula is C16H25F3IN3O2. The van der Waals surface area contributed by atoms with Crippen LogP contribution in [0.15, 0.2) is 23.2 Å². The molecule has 0 bridgehead atoms. The Bertz CT molecular complexity index is 540. The lowest BCUT2D eigenvalue weighted by molar-refractivity contribution is -0.132. The SMILES string of the molecule is CCNC(=NCCC(F)(F)F)NCCc1cc(OC)ccc1OC.I. The Kier molecular flexibility index (Phi) is 11.4. The molecule has 0 radical (unpaired) electrons. The first kappa shape index (κ1) is 23.6. The van der Waals surface area contributed by atoms with E-state index in [2.05, 4.69) is 15.6 Å². The molecule has 0 aliphatic rings. The number of alkyl halides is 3. The predicted octanol–water partition coefficient (Wildman–Crippen LogP) is 3.37. The highest BCUT2D eigenvalue weighted by molar-refractivity contribution is 14.0. The van der Waals surface area contributed by atoms with E-state index in [1.807, 2.05) is 19.1 Å². The summed E-state index contributed by atoms with van der Waals surface area (Å²) < 4.78 is 47.0. The summed E-state index contributed by atoms with van der Waals surface area (Å²) in [4.78, 5) is 3.92. The lowest BCUT2D eigenvalue weighted by Gasteiger charge is -2.14. The number of guanidine groups is 1. The van der Waals surface area contributed by atoms with Crippen LogP contribution in [-0.2, 0) is 6.42 Å². The molecule has 0 atom stereocenters. The van der Waals surface area contributed by atoms with Crippen molar-refractivity contribution in [2.24, 2.45) is 4.99 Å². The van der Waals surface area contributed by atoms with Crippen LogP contribution in [0.1, 0.15) is 18.9 Å². The van der Waals surface area contributed by atoms with Crippen molar-refractivity contribution >= 4 is 29.9 Å². The van der Waals surface area contributed by atoms with Gasteiger partial charge in [0.25, 0.3) is 0 Å². The van der Waals surface area contributed by atoms with Crippen LogP contribution >= 0.6 is 24.0 Å². The maximum atomic E-state index is 12.2. The van der Waals surface area contributed by atoms with E-state index in [-0.39, 0.29) is 30.5 Å². The monoisotopic (exact) mass is 475 g/mol. The molecule has 25 heavy (non-hydrogen) atoms. The molecule has 0 unspecified atom stereocenters. The molecule has 1 aromatic rings. The van der Waals surface area contributed by atoms with Crippen LogP contribution in [0.2, 0.25) is 0 Å². The zero-order valence-electron chi connectivity index (χ0n) is 14.6. The van der Waals surface area contributed by atoms with Crippen LogP contribution in [0.25, 0.3) is 0 Å². The minimum atomic E-state index is -4.20. The van der Waals surface area contributed by atoms with Gasteiger partial charge in [0.2, 0.25) is 0 Å². The largest absolute Gasteiger partial charge is 0.497 e. The first-order valence-electron chi connectivity index (χ1n) is 7.69. The van der Waals surface area contributed by atoms with Gasteiger partial charge in [0, 0.05) is 13.1 Å². The Balaban J connectivity index is 0.00000576. The van der Waals surface area contributed by atoms with E-state index >= 15 is 0 Å². The van der Waals surface area contributed by atoms with Crippen LogP contribution in [0, 0.1) is 0 Å². The molecule has 144 valence electrons. The first-order chi connectivity index (χ1) is 11.4. The van der Waals surface area contributed by atoms with Gasteiger partial charge >= 0.3 is 6.18 Å². The van der Waals surface area contributed by atoms with Gasteiger partial charge in [0.15, 0.2) is 5.96 Å². The molecule has 0 amide bonds. The fraction of sp³-hybridized carbons (Fsp3) is 0.562. The van der Waals surface area contributed by atoms with Gasteiger partial charge in [-0.25, -0.2) is 0 Å². The molecular weight excluding hydrogens is 450 g/mol. The van der Waals surface area contributed by atoms with Crippen molar-refractivity contribution in [1.82, 2.24) is 10.6 Å². The summed E-state index contributed by atoms with van der Waals surface area (Å²) in [6.45, 7) is 2.62. The van der Waals surface area contributed by atoms with Crippen LogP contribution < -0.4 is 20.1 Å². The Labute approximate surface area is 163 Å². The fourth-order valence-corrected chi connectivity index (χ4v) is 2.03. The summed E-state index contributed by atoms with van der Waals surface area (Å²) in [5.74, 6) is 1.82. The normalized spacial score (nSPS) is 11.5. The number of benzene rings is 1. The lowest BCUT2D eigenvalue weighted by Crippen LogP contribution is -2.38. The molecule has 9 heteroatoms. The third-order valence-corrected chi connectivity index (χ3v) is 3.18. The van der Waals surface area contributed by atoms with Crippen molar-refractivity contribution in [3.63, 3.8) is 0 Å². The number of rotatable bonds is 8. The molecule has 0 heterocycles. The van der Waals surface area contributed by atoms with Crippen LogP contribution in [0.3, 0.4) is 0 Å².